The number of ether oxygens (including phenoxy) is 1. The molecule has 1 aliphatic rings. The van der Waals surface area contributed by atoms with Gasteiger partial charge < -0.3 is 9.84 Å². The van der Waals surface area contributed by atoms with Crippen LogP contribution in [0.1, 0.15) is 20.3 Å². The number of alkyl halides is 3. The molecule has 126 valence electrons. The number of hydrogen-bond acceptors (Lipinski definition) is 3. The van der Waals surface area contributed by atoms with Crippen LogP contribution in [-0.4, -0.2) is 55.0 Å². The Morgan fingerprint density at radius 3 is 2.38 bits per heavy atom. The standard InChI is InChI=1S/C13H22F3NO3.ClH/c1-9(2)3-5-20-6-4-17-7-10(12(18)19)11(8-17)13(14,15)16;/h9-11H,3-8H2,1-2H3,(H,18,19);1H/t10-,11-;/m1./s1. The summed E-state index contributed by atoms with van der Waals surface area (Å²) >= 11 is 0. The highest BCUT2D eigenvalue weighted by atomic mass is 35.5. The number of nitrogens with zero attached hydrogens (tertiary/aromatic N) is 1. The Hall–Kier alpha value is -0.530. The minimum atomic E-state index is -4.46. The SMILES string of the molecule is CC(C)CCOCCN1C[C@@H](C(F)(F)F)[C@H](C(=O)O)C1.Cl. The highest BCUT2D eigenvalue weighted by Gasteiger charge is 2.52. The van der Waals surface area contributed by atoms with Crippen LogP contribution in [0.3, 0.4) is 0 Å². The number of carbonyl (C=O) groups is 1. The number of likely N-dealkylation sites (tertiary alicyclic amines) is 1. The van der Waals surface area contributed by atoms with E-state index in [9.17, 15) is 18.0 Å². The van der Waals surface area contributed by atoms with Crippen molar-refractivity contribution in [3.05, 3.63) is 0 Å². The summed E-state index contributed by atoms with van der Waals surface area (Å²) in [5.41, 5.74) is 0. The van der Waals surface area contributed by atoms with E-state index in [0.717, 1.165) is 6.42 Å². The smallest absolute Gasteiger partial charge is 0.393 e. The van der Waals surface area contributed by atoms with Crippen LogP contribution in [0.15, 0.2) is 0 Å². The molecule has 1 rings (SSSR count). The number of carboxylic acid groups (broad SMARTS) is 1. The number of aliphatic carboxylic acids is 1. The highest BCUT2D eigenvalue weighted by Crippen LogP contribution is 2.37. The molecule has 1 saturated heterocycles. The van der Waals surface area contributed by atoms with Crippen LogP contribution in [0.5, 0.6) is 0 Å². The Morgan fingerprint density at radius 2 is 1.95 bits per heavy atom. The molecule has 21 heavy (non-hydrogen) atoms. The molecule has 0 spiro atoms. The first-order valence-corrected chi connectivity index (χ1v) is 6.81. The fourth-order valence-electron chi connectivity index (χ4n) is 2.26. The zero-order valence-corrected chi connectivity index (χ0v) is 13.0. The molecule has 0 unspecified atom stereocenters. The van der Waals surface area contributed by atoms with E-state index in [1.54, 1.807) is 0 Å². The molecule has 1 fully saturated rings. The molecule has 0 amide bonds. The van der Waals surface area contributed by atoms with Gasteiger partial charge >= 0.3 is 12.1 Å². The van der Waals surface area contributed by atoms with Crippen molar-refractivity contribution in [1.29, 1.82) is 0 Å². The van der Waals surface area contributed by atoms with E-state index in [0.29, 0.717) is 25.7 Å². The predicted octanol–water partition coefficient (Wildman–Crippen LogP) is 2.67. The van der Waals surface area contributed by atoms with Crippen molar-refractivity contribution >= 4 is 18.4 Å². The van der Waals surface area contributed by atoms with Crippen molar-refractivity contribution in [3.8, 4) is 0 Å². The Bertz CT molecular complexity index is 326. The van der Waals surface area contributed by atoms with Gasteiger partial charge in [0.05, 0.1) is 18.4 Å². The largest absolute Gasteiger partial charge is 0.481 e. The van der Waals surface area contributed by atoms with Crippen LogP contribution >= 0.6 is 12.4 Å². The summed E-state index contributed by atoms with van der Waals surface area (Å²) < 4.78 is 43.6. The van der Waals surface area contributed by atoms with E-state index >= 15 is 0 Å². The minimum absolute atomic E-state index is 0. The third-order valence-corrected chi connectivity index (χ3v) is 3.52. The number of carboxylic acids is 1. The van der Waals surface area contributed by atoms with Gasteiger partial charge in [0.1, 0.15) is 0 Å². The molecule has 0 aliphatic carbocycles. The third kappa shape index (κ3) is 6.84. The number of hydrogen-bond donors (Lipinski definition) is 1. The molecule has 2 atom stereocenters. The lowest BCUT2D eigenvalue weighted by Crippen LogP contribution is -2.33. The van der Waals surface area contributed by atoms with Crippen molar-refractivity contribution in [1.82, 2.24) is 4.90 Å². The number of rotatable bonds is 7. The first-order valence-electron chi connectivity index (χ1n) is 6.81. The molecule has 4 nitrogen and oxygen atoms in total. The van der Waals surface area contributed by atoms with Crippen LogP contribution in [0.4, 0.5) is 13.2 Å². The normalized spacial score (nSPS) is 23.3. The molecular formula is C13H23ClF3NO3. The lowest BCUT2D eigenvalue weighted by molar-refractivity contribution is -0.188. The molecule has 0 aromatic carbocycles. The monoisotopic (exact) mass is 333 g/mol. The van der Waals surface area contributed by atoms with Gasteiger partial charge in [0.2, 0.25) is 0 Å². The van der Waals surface area contributed by atoms with Crippen molar-refractivity contribution in [3.63, 3.8) is 0 Å². The fraction of sp³-hybridized carbons (Fsp3) is 0.923. The van der Waals surface area contributed by atoms with Crippen molar-refractivity contribution in [2.24, 2.45) is 17.8 Å². The molecule has 1 aliphatic heterocycles. The second-order valence-electron chi connectivity index (χ2n) is 5.65. The molecule has 1 N–H and O–H groups in total. The van der Waals surface area contributed by atoms with Gasteiger partial charge in [0.15, 0.2) is 0 Å². The fourth-order valence-corrected chi connectivity index (χ4v) is 2.26. The second kappa shape index (κ2) is 8.80. The molecule has 0 saturated carbocycles. The van der Waals surface area contributed by atoms with Gasteiger partial charge in [-0.25, -0.2) is 0 Å². The Kier molecular flexibility index (Phi) is 8.58. The van der Waals surface area contributed by atoms with Gasteiger partial charge in [0, 0.05) is 26.2 Å². The molecule has 1 heterocycles. The molecule has 0 bridgehead atoms. The lowest BCUT2D eigenvalue weighted by Gasteiger charge is -2.18. The first kappa shape index (κ1) is 20.5. The molecule has 8 heteroatoms. The van der Waals surface area contributed by atoms with E-state index in [1.807, 2.05) is 0 Å². The Labute approximate surface area is 129 Å². The summed E-state index contributed by atoms with van der Waals surface area (Å²) in [6.45, 7) is 5.07. The summed E-state index contributed by atoms with van der Waals surface area (Å²) in [5, 5.41) is 8.88. The topological polar surface area (TPSA) is 49.8 Å². The van der Waals surface area contributed by atoms with Crippen LogP contribution in [0, 0.1) is 17.8 Å². The quantitative estimate of drug-likeness (QED) is 0.728. The lowest BCUT2D eigenvalue weighted by atomic mass is 9.96. The van der Waals surface area contributed by atoms with E-state index in [-0.39, 0.29) is 25.5 Å². The first-order chi connectivity index (χ1) is 9.21. The van der Waals surface area contributed by atoms with Crippen molar-refractivity contribution in [2.75, 3.05) is 32.8 Å². The van der Waals surface area contributed by atoms with Gasteiger partial charge in [-0.3, -0.25) is 9.69 Å². The highest BCUT2D eigenvalue weighted by molar-refractivity contribution is 5.85. The van der Waals surface area contributed by atoms with Crippen molar-refractivity contribution in [2.45, 2.75) is 26.4 Å². The van der Waals surface area contributed by atoms with Gasteiger partial charge in [-0.1, -0.05) is 13.8 Å². The summed E-state index contributed by atoms with van der Waals surface area (Å²) in [6, 6.07) is 0. The van der Waals surface area contributed by atoms with Gasteiger partial charge in [0.25, 0.3) is 0 Å². The summed E-state index contributed by atoms with van der Waals surface area (Å²) in [5.74, 6) is -4.01. The maximum atomic E-state index is 12.8. The van der Waals surface area contributed by atoms with E-state index < -0.39 is 24.0 Å². The van der Waals surface area contributed by atoms with E-state index in [2.05, 4.69) is 13.8 Å². The third-order valence-electron chi connectivity index (χ3n) is 3.52. The van der Waals surface area contributed by atoms with Crippen LogP contribution in [-0.2, 0) is 9.53 Å². The molecule has 0 radical (unpaired) electrons. The average molecular weight is 334 g/mol. The minimum Gasteiger partial charge on any atom is -0.481 e. The Morgan fingerprint density at radius 1 is 1.33 bits per heavy atom. The Balaban J connectivity index is 0.00000400. The molecular weight excluding hydrogens is 311 g/mol. The summed E-state index contributed by atoms with van der Waals surface area (Å²) in [7, 11) is 0. The van der Waals surface area contributed by atoms with Crippen molar-refractivity contribution < 1.29 is 27.8 Å². The summed E-state index contributed by atoms with van der Waals surface area (Å²) in [4.78, 5) is 12.4. The van der Waals surface area contributed by atoms with E-state index in [1.165, 1.54) is 4.90 Å². The average Bonchev–Trinajstić information content (AvgIpc) is 2.72. The number of halogens is 4. The van der Waals surface area contributed by atoms with Crippen LogP contribution in [0.25, 0.3) is 0 Å². The van der Waals surface area contributed by atoms with Crippen LogP contribution in [0.2, 0.25) is 0 Å². The van der Waals surface area contributed by atoms with Crippen LogP contribution < -0.4 is 0 Å². The zero-order valence-electron chi connectivity index (χ0n) is 12.2. The molecule has 0 aromatic heterocycles. The predicted molar refractivity (Wildman–Crippen MR) is 74.6 cm³/mol. The summed E-state index contributed by atoms with van der Waals surface area (Å²) in [6.07, 6.45) is -3.56. The van der Waals surface area contributed by atoms with Gasteiger partial charge in [-0.2, -0.15) is 13.2 Å². The van der Waals surface area contributed by atoms with Gasteiger partial charge in [-0.05, 0) is 12.3 Å². The molecule has 0 aromatic rings. The second-order valence-corrected chi connectivity index (χ2v) is 5.65. The zero-order chi connectivity index (χ0) is 15.3. The van der Waals surface area contributed by atoms with E-state index in [4.69, 9.17) is 9.84 Å². The maximum absolute atomic E-state index is 12.8. The van der Waals surface area contributed by atoms with Gasteiger partial charge in [-0.15, -0.1) is 12.4 Å². The maximum Gasteiger partial charge on any atom is 0.393 e.